The molecule has 6 aromatic rings. The average molecular weight is 413 g/mol. The van der Waals surface area contributed by atoms with Gasteiger partial charge in [0.05, 0.1) is 11.7 Å². The van der Waals surface area contributed by atoms with Gasteiger partial charge < -0.3 is 4.98 Å². The van der Waals surface area contributed by atoms with Gasteiger partial charge in [0.25, 0.3) is 6.33 Å². The number of nitrogens with one attached hydrogen (secondary N) is 1. The minimum Gasteiger partial charge on any atom is -0.351 e. The van der Waals surface area contributed by atoms with E-state index in [1.54, 1.807) is 0 Å². The first-order chi connectivity index (χ1) is 14.7. The van der Waals surface area contributed by atoms with E-state index in [0.717, 1.165) is 38.9 Å². The molecule has 5 heteroatoms. The second-order valence-electron chi connectivity index (χ2n) is 7.35. The zero-order valence-electron chi connectivity index (χ0n) is 15.8. The molecule has 0 aliphatic carbocycles. The van der Waals surface area contributed by atoms with Crippen LogP contribution in [0.5, 0.6) is 0 Å². The van der Waals surface area contributed by atoms with Crippen LogP contribution in [0, 0.1) is 5.82 Å². The van der Waals surface area contributed by atoms with E-state index in [4.69, 9.17) is 11.6 Å². The number of fused-ring (bicyclic) bond motifs is 5. The predicted octanol–water partition coefficient (Wildman–Crippen LogP) is 6.31. The molecule has 6 rings (SSSR count). The molecule has 30 heavy (non-hydrogen) atoms. The summed E-state index contributed by atoms with van der Waals surface area (Å²) in [7, 11) is 0. The topological polar surface area (TPSA) is 24.8 Å². The molecule has 0 saturated carbocycles. The van der Waals surface area contributed by atoms with Gasteiger partial charge in [0, 0.05) is 32.9 Å². The number of rotatable bonds is 2. The van der Waals surface area contributed by atoms with Crippen LogP contribution in [0.2, 0.25) is 5.02 Å². The number of hydrogen-bond donors (Lipinski definition) is 1. The SMILES string of the molecule is Fc1ccc(-c2c3c4[nH]c5ccccc5c4cc[n+]3cn2-c2cccc(Cl)c2)cc1. The molecule has 3 aromatic carbocycles. The zero-order valence-corrected chi connectivity index (χ0v) is 16.6. The van der Waals surface area contributed by atoms with Crippen molar-refractivity contribution in [2.75, 3.05) is 0 Å². The molecule has 144 valence electrons. The van der Waals surface area contributed by atoms with Crippen LogP contribution in [-0.2, 0) is 0 Å². The van der Waals surface area contributed by atoms with Gasteiger partial charge >= 0.3 is 0 Å². The first kappa shape index (κ1) is 17.2. The minimum absolute atomic E-state index is 0.257. The first-order valence-corrected chi connectivity index (χ1v) is 10.0. The van der Waals surface area contributed by atoms with Crippen LogP contribution in [0.25, 0.3) is 44.3 Å². The summed E-state index contributed by atoms with van der Waals surface area (Å²) in [6.45, 7) is 0. The Labute approximate surface area is 176 Å². The van der Waals surface area contributed by atoms with Crippen LogP contribution in [-0.4, -0.2) is 9.55 Å². The summed E-state index contributed by atoms with van der Waals surface area (Å²) in [6.07, 6.45) is 4.09. The van der Waals surface area contributed by atoms with Crippen molar-refractivity contribution in [3.8, 4) is 16.9 Å². The molecule has 0 bridgehead atoms. The minimum atomic E-state index is -0.257. The van der Waals surface area contributed by atoms with E-state index in [0.29, 0.717) is 5.02 Å². The molecule has 0 saturated heterocycles. The third-order valence-corrected chi connectivity index (χ3v) is 5.79. The number of para-hydroxylation sites is 1. The molecule has 3 aromatic heterocycles. The number of aromatic nitrogens is 3. The zero-order chi connectivity index (χ0) is 20.2. The summed E-state index contributed by atoms with van der Waals surface area (Å²) in [5.41, 5.74) is 5.98. The van der Waals surface area contributed by atoms with Gasteiger partial charge in [0.15, 0.2) is 5.69 Å². The normalized spacial score (nSPS) is 11.7. The molecule has 3 heterocycles. The van der Waals surface area contributed by atoms with Gasteiger partial charge in [-0.2, -0.15) is 8.97 Å². The molecular formula is C25H16ClFN3+. The fourth-order valence-corrected chi connectivity index (χ4v) is 4.40. The highest BCUT2D eigenvalue weighted by Crippen LogP contribution is 2.34. The molecule has 0 amide bonds. The Kier molecular flexibility index (Phi) is 3.70. The van der Waals surface area contributed by atoms with Crippen LogP contribution < -0.4 is 4.40 Å². The maximum Gasteiger partial charge on any atom is 0.254 e. The summed E-state index contributed by atoms with van der Waals surface area (Å²) in [4.78, 5) is 3.58. The van der Waals surface area contributed by atoms with Crippen LogP contribution in [0.4, 0.5) is 4.39 Å². The fraction of sp³-hybridized carbons (Fsp3) is 0. The number of aromatic amines is 1. The monoisotopic (exact) mass is 412 g/mol. The molecule has 0 spiro atoms. The molecule has 3 nitrogen and oxygen atoms in total. The van der Waals surface area contributed by atoms with Crippen LogP contribution in [0.1, 0.15) is 0 Å². The maximum absolute atomic E-state index is 13.7. The number of nitrogens with zero attached hydrogens (tertiary/aromatic N) is 2. The number of imidazole rings is 1. The van der Waals surface area contributed by atoms with Crippen molar-refractivity contribution >= 4 is 38.9 Å². The molecule has 0 aliphatic rings. The average Bonchev–Trinajstić information content (AvgIpc) is 3.33. The molecule has 0 unspecified atom stereocenters. The van der Waals surface area contributed by atoms with Gasteiger partial charge in [-0.05, 0) is 48.5 Å². The van der Waals surface area contributed by atoms with Crippen molar-refractivity contribution in [2.45, 2.75) is 0 Å². The second kappa shape index (κ2) is 6.44. The molecule has 0 radical (unpaired) electrons. The predicted molar refractivity (Wildman–Crippen MR) is 119 cm³/mol. The van der Waals surface area contributed by atoms with Crippen molar-refractivity contribution in [3.05, 3.63) is 102 Å². The number of hydrogen-bond acceptors (Lipinski definition) is 0. The summed E-state index contributed by atoms with van der Waals surface area (Å²) >= 11 is 6.29. The quantitative estimate of drug-likeness (QED) is 0.322. The Morgan fingerprint density at radius 2 is 1.70 bits per heavy atom. The van der Waals surface area contributed by atoms with Crippen molar-refractivity contribution in [1.29, 1.82) is 0 Å². The van der Waals surface area contributed by atoms with Crippen molar-refractivity contribution in [2.24, 2.45) is 0 Å². The largest absolute Gasteiger partial charge is 0.351 e. The van der Waals surface area contributed by atoms with Gasteiger partial charge in [0.1, 0.15) is 11.5 Å². The molecule has 0 fully saturated rings. The Bertz CT molecular complexity index is 1560. The molecular weight excluding hydrogens is 397 g/mol. The Hall–Kier alpha value is -3.63. The molecule has 1 N–H and O–H groups in total. The number of H-pyrrole nitrogens is 1. The summed E-state index contributed by atoms with van der Waals surface area (Å²) in [5, 5.41) is 2.99. The fourth-order valence-electron chi connectivity index (χ4n) is 4.22. The van der Waals surface area contributed by atoms with E-state index in [-0.39, 0.29) is 5.82 Å². The van der Waals surface area contributed by atoms with E-state index in [2.05, 4.69) is 38.3 Å². The van der Waals surface area contributed by atoms with Crippen molar-refractivity contribution < 1.29 is 8.79 Å². The lowest BCUT2D eigenvalue weighted by molar-refractivity contribution is -0.510. The lowest BCUT2D eigenvalue weighted by Crippen LogP contribution is -2.17. The Morgan fingerprint density at radius 3 is 2.53 bits per heavy atom. The Balaban J connectivity index is 1.79. The smallest absolute Gasteiger partial charge is 0.254 e. The van der Waals surface area contributed by atoms with Gasteiger partial charge in [0.2, 0.25) is 5.52 Å². The van der Waals surface area contributed by atoms with Crippen molar-refractivity contribution in [3.63, 3.8) is 0 Å². The molecule has 0 atom stereocenters. The van der Waals surface area contributed by atoms with E-state index >= 15 is 0 Å². The van der Waals surface area contributed by atoms with E-state index in [9.17, 15) is 4.39 Å². The summed E-state index contributed by atoms with van der Waals surface area (Å²) in [6, 6.07) is 24.7. The van der Waals surface area contributed by atoms with E-state index in [1.165, 1.54) is 17.5 Å². The highest BCUT2D eigenvalue weighted by atomic mass is 35.5. The van der Waals surface area contributed by atoms with Gasteiger partial charge in [-0.25, -0.2) is 4.39 Å². The maximum atomic E-state index is 13.7. The summed E-state index contributed by atoms with van der Waals surface area (Å²) in [5.74, 6) is -0.257. The Morgan fingerprint density at radius 1 is 0.867 bits per heavy atom. The highest BCUT2D eigenvalue weighted by Gasteiger charge is 2.25. The van der Waals surface area contributed by atoms with Gasteiger partial charge in [-0.1, -0.05) is 35.9 Å². The summed E-state index contributed by atoms with van der Waals surface area (Å²) < 4.78 is 17.9. The first-order valence-electron chi connectivity index (χ1n) is 9.67. The standard InChI is InChI=1S/C25H16ClFN3/c26-17-4-3-5-19(14-17)30-15-29-13-12-21-20-6-1-2-7-22(20)28-23(21)25(29)24(30)16-8-10-18(27)11-9-16/h1-15,28H/q+1. The lowest BCUT2D eigenvalue weighted by Gasteiger charge is -2.03. The third kappa shape index (κ3) is 2.54. The highest BCUT2D eigenvalue weighted by molar-refractivity contribution is 6.30. The second-order valence-corrected chi connectivity index (χ2v) is 7.79. The van der Waals surface area contributed by atoms with Crippen molar-refractivity contribution in [1.82, 2.24) is 9.55 Å². The van der Waals surface area contributed by atoms with E-state index in [1.807, 2.05) is 54.9 Å². The molecule has 0 aliphatic heterocycles. The number of pyridine rings is 1. The number of halogens is 2. The number of benzene rings is 3. The van der Waals surface area contributed by atoms with Crippen LogP contribution in [0.15, 0.2) is 91.4 Å². The third-order valence-electron chi connectivity index (χ3n) is 5.55. The van der Waals surface area contributed by atoms with Gasteiger partial charge in [-0.15, -0.1) is 0 Å². The van der Waals surface area contributed by atoms with E-state index < -0.39 is 0 Å². The lowest BCUT2D eigenvalue weighted by atomic mass is 10.1. The van der Waals surface area contributed by atoms with Crippen LogP contribution >= 0.6 is 11.6 Å². The van der Waals surface area contributed by atoms with Gasteiger partial charge in [-0.3, -0.25) is 0 Å². The van der Waals surface area contributed by atoms with Crippen LogP contribution in [0.3, 0.4) is 0 Å².